The van der Waals surface area contributed by atoms with Gasteiger partial charge in [-0.2, -0.15) is 0 Å². The Morgan fingerprint density at radius 3 is 2.86 bits per heavy atom. The van der Waals surface area contributed by atoms with Gasteiger partial charge in [0.15, 0.2) is 5.69 Å². The van der Waals surface area contributed by atoms with Crippen molar-refractivity contribution in [3.8, 4) is 0 Å². The van der Waals surface area contributed by atoms with Crippen LogP contribution < -0.4 is 10.6 Å². The van der Waals surface area contributed by atoms with Crippen LogP contribution in [0.5, 0.6) is 0 Å². The highest BCUT2D eigenvalue weighted by molar-refractivity contribution is 5.91. The van der Waals surface area contributed by atoms with Crippen molar-refractivity contribution in [1.29, 1.82) is 0 Å². The molecule has 3 rings (SSSR count). The standard InChI is InChI=1S/C16H27N5O/c1-12-4-2-3-5-13(12)10-18-16(22)15-11-21(20-19-15)14-6-8-17-9-7-14/h11-14,17H,2-10H2,1H3,(H,18,22). The predicted molar refractivity (Wildman–Crippen MR) is 84.6 cm³/mol. The molecule has 2 aliphatic rings. The molecule has 1 aliphatic heterocycles. The van der Waals surface area contributed by atoms with Crippen LogP contribution in [-0.2, 0) is 0 Å². The maximum atomic E-state index is 12.3. The lowest BCUT2D eigenvalue weighted by atomic mass is 9.80. The maximum Gasteiger partial charge on any atom is 0.273 e. The fourth-order valence-electron chi connectivity index (χ4n) is 3.64. The second kappa shape index (κ2) is 7.22. The molecule has 1 aromatic heterocycles. The van der Waals surface area contributed by atoms with Gasteiger partial charge in [0, 0.05) is 6.54 Å². The van der Waals surface area contributed by atoms with E-state index >= 15 is 0 Å². The van der Waals surface area contributed by atoms with Gasteiger partial charge in [-0.25, -0.2) is 4.68 Å². The third-order valence-electron chi connectivity index (χ3n) is 5.24. The van der Waals surface area contributed by atoms with E-state index in [9.17, 15) is 4.79 Å². The summed E-state index contributed by atoms with van der Waals surface area (Å²) in [5.74, 6) is 1.23. The first-order chi connectivity index (χ1) is 10.7. The molecule has 1 aromatic rings. The molecule has 2 heterocycles. The number of hydrogen-bond donors (Lipinski definition) is 2. The Labute approximate surface area is 132 Å². The summed E-state index contributed by atoms with van der Waals surface area (Å²) in [4.78, 5) is 12.3. The number of carbonyl (C=O) groups excluding carboxylic acids is 1. The second-order valence-corrected chi connectivity index (χ2v) is 6.80. The summed E-state index contributed by atoms with van der Waals surface area (Å²) in [5.41, 5.74) is 0.446. The van der Waals surface area contributed by atoms with Gasteiger partial charge in [0.25, 0.3) is 5.91 Å². The average molecular weight is 305 g/mol. The topological polar surface area (TPSA) is 71.8 Å². The molecule has 22 heavy (non-hydrogen) atoms. The maximum absolute atomic E-state index is 12.3. The van der Waals surface area contributed by atoms with Crippen molar-refractivity contribution in [3.63, 3.8) is 0 Å². The molecular weight excluding hydrogens is 278 g/mol. The SMILES string of the molecule is CC1CCCCC1CNC(=O)c1cn(C2CCNCC2)nn1. The number of hydrogen-bond acceptors (Lipinski definition) is 4. The lowest BCUT2D eigenvalue weighted by molar-refractivity contribution is 0.0931. The molecule has 2 atom stereocenters. The van der Waals surface area contributed by atoms with Gasteiger partial charge in [0.2, 0.25) is 0 Å². The summed E-state index contributed by atoms with van der Waals surface area (Å²) in [6, 6.07) is 0.369. The van der Waals surface area contributed by atoms with Crippen molar-refractivity contribution >= 4 is 5.91 Å². The van der Waals surface area contributed by atoms with E-state index in [4.69, 9.17) is 0 Å². The molecule has 0 bridgehead atoms. The molecule has 0 radical (unpaired) electrons. The van der Waals surface area contributed by atoms with Gasteiger partial charge in [-0.05, 0) is 44.2 Å². The van der Waals surface area contributed by atoms with E-state index in [2.05, 4.69) is 27.9 Å². The molecule has 2 unspecified atom stereocenters. The zero-order valence-corrected chi connectivity index (χ0v) is 13.4. The summed E-state index contributed by atoms with van der Waals surface area (Å²) < 4.78 is 1.86. The van der Waals surface area contributed by atoms with Crippen molar-refractivity contribution in [2.45, 2.75) is 51.5 Å². The summed E-state index contributed by atoms with van der Waals surface area (Å²) >= 11 is 0. The highest BCUT2D eigenvalue weighted by atomic mass is 16.2. The number of rotatable bonds is 4. The zero-order chi connectivity index (χ0) is 15.4. The van der Waals surface area contributed by atoms with Gasteiger partial charge in [-0.15, -0.1) is 5.10 Å². The van der Waals surface area contributed by atoms with Gasteiger partial charge in [0.1, 0.15) is 0 Å². The van der Waals surface area contributed by atoms with E-state index in [1.54, 1.807) is 6.20 Å². The van der Waals surface area contributed by atoms with Gasteiger partial charge < -0.3 is 10.6 Å². The minimum atomic E-state index is -0.0852. The molecule has 1 amide bonds. The van der Waals surface area contributed by atoms with Gasteiger partial charge in [0.05, 0.1) is 12.2 Å². The Morgan fingerprint density at radius 1 is 1.32 bits per heavy atom. The van der Waals surface area contributed by atoms with E-state index in [0.29, 0.717) is 23.6 Å². The van der Waals surface area contributed by atoms with E-state index in [0.717, 1.165) is 32.5 Å². The summed E-state index contributed by atoms with van der Waals surface area (Å²) in [7, 11) is 0. The van der Waals surface area contributed by atoms with Crippen molar-refractivity contribution in [2.24, 2.45) is 11.8 Å². The first-order valence-electron chi connectivity index (χ1n) is 8.65. The van der Waals surface area contributed by atoms with Crippen LogP contribution >= 0.6 is 0 Å². The fraction of sp³-hybridized carbons (Fsp3) is 0.812. The summed E-state index contributed by atoms with van der Waals surface area (Å²) in [5, 5.41) is 14.6. The number of piperidine rings is 1. The van der Waals surface area contributed by atoms with Crippen LogP contribution in [0.15, 0.2) is 6.20 Å². The van der Waals surface area contributed by atoms with Crippen LogP contribution in [0.25, 0.3) is 0 Å². The normalized spacial score (nSPS) is 26.8. The molecular formula is C16H27N5O. The monoisotopic (exact) mass is 305 g/mol. The van der Waals surface area contributed by atoms with Crippen LogP contribution in [0.3, 0.4) is 0 Å². The van der Waals surface area contributed by atoms with Gasteiger partial charge >= 0.3 is 0 Å². The van der Waals surface area contributed by atoms with Crippen molar-refractivity contribution in [3.05, 3.63) is 11.9 Å². The number of amides is 1. The largest absolute Gasteiger partial charge is 0.350 e. The Balaban J connectivity index is 1.52. The molecule has 0 spiro atoms. The summed E-state index contributed by atoms with van der Waals surface area (Å²) in [6.45, 7) is 5.07. The zero-order valence-electron chi connectivity index (χ0n) is 13.4. The van der Waals surface area contributed by atoms with Crippen LogP contribution in [0.4, 0.5) is 0 Å². The van der Waals surface area contributed by atoms with Crippen molar-refractivity contribution in [2.75, 3.05) is 19.6 Å². The quantitative estimate of drug-likeness (QED) is 0.889. The molecule has 6 heteroatoms. The fourth-order valence-corrected chi connectivity index (χ4v) is 3.64. The molecule has 6 nitrogen and oxygen atoms in total. The van der Waals surface area contributed by atoms with Crippen molar-refractivity contribution < 1.29 is 4.79 Å². The Morgan fingerprint density at radius 2 is 2.09 bits per heavy atom. The minimum absolute atomic E-state index is 0.0852. The van der Waals surface area contributed by atoms with E-state index in [1.165, 1.54) is 25.7 Å². The Kier molecular flexibility index (Phi) is 5.08. The molecule has 2 N–H and O–H groups in total. The third kappa shape index (κ3) is 3.66. The number of nitrogens with one attached hydrogen (secondary N) is 2. The molecule has 1 saturated carbocycles. The predicted octanol–water partition coefficient (Wildman–Crippen LogP) is 1.76. The number of aromatic nitrogens is 3. The Bertz CT molecular complexity index is 494. The summed E-state index contributed by atoms with van der Waals surface area (Å²) in [6.07, 6.45) is 9.02. The van der Waals surface area contributed by atoms with Gasteiger partial charge in [-0.3, -0.25) is 4.79 Å². The van der Waals surface area contributed by atoms with Crippen LogP contribution in [0.2, 0.25) is 0 Å². The van der Waals surface area contributed by atoms with E-state index in [1.807, 2.05) is 4.68 Å². The molecule has 0 aromatic carbocycles. The molecule has 1 aliphatic carbocycles. The molecule has 1 saturated heterocycles. The van der Waals surface area contributed by atoms with Crippen LogP contribution in [-0.4, -0.2) is 40.5 Å². The smallest absolute Gasteiger partial charge is 0.273 e. The number of nitrogens with zero attached hydrogens (tertiary/aromatic N) is 3. The first-order valence-corrected chi connectivity index (χ1v) is 8.65. The van der Waals surface area contributed by atoms with Crippen LogP contribution in [0, 0.1) is 11.8 Å². The van der Waals surface area contributed by atoms with Gasteiger partial charge in [-0.1, -0.05) is 31.4 Å². The first kappa shape index (κ1) is 15.5. The third-order valence-corrected chi connectivity index (χ3v) is 5.24. The van der Waals surface area contributed by atoms with E-state index < -0.39 is 0 Å². The highest BCUT2D eigenvalue weighted by Gasteiger charge is 2.23. The number of carbonyl (C=O) groups is 1. The average Bonchev–Trinajstić information content (AvgIpc) is 3.05. The second-order valence-electron chi connectivity index (χ2n) is 6.80. The minimum Gasteiger partial charge on any atom is -0.350 e. The highest BCUT2D eigenvalue weighted by Crippen LogP contribution is 2.28. The lowest BCUT2D eigenvalue weighted by Gasteiger charge is -2.28. The Hall–Kier alpha value is -1.43. The van der Waals surface area contributed by atoms with Crippen LogP contribution in [0.1, 0.15) is 62.0 Å². The lowest BCUT2D eigenvalue weighted by Crippen LogP contribution is -2.33. The molecule has 2 fully saturated rings. The molecule has 122 valence electrons. The van der Waals surface area contributed by atoms with E-state index in [-0.39, 0.29) is 5.91 Å². The van der Waals surface area contributed by atoms with Crippen molar-refractivity contribution in [1.82, 2.24) is 25.6 Å².